The molecule has 3 rings (SSSR count). The van der Waals surface area contributed by atoms with Crippen LogP contribution in [0.25, 0.3) is 0 Å². The third kappa shape index (κ3) is 4.19. The molecule has 2 atom stereocenters. The van der Waals surface area contributed by atoms with Gasteiger partial charge >= 0.3 is 0 Å². The maximum absolute atomic E-state index is 6.31. The molecule has 152 valence electrons. The highest BCUT2D eigenvalue weighted by Crippen LogP contribution is 2.37. The Morgan fingerprint density at radius 2 is 1.59 bits per heavy atom. The quantitative estimate of drug-likeness (QED) is 0.653. The minimum absolute atomic E-state index is 0.288. The second kappa shape index (κ2) is 8.53. The van der Waals surface area contributed by atoms with E-state index in [1.807, 2.05) is 0 Å². The molecule has 0 bridgehead atoms. The molecule has 3 heterocycles. The Labute approximate surface area is 166 Å². The van der Waals surface area contributed by atoms with Crippen molar-refractivity contribution in [2.75, 3.05) is 13.2 Å². The van der Waals surface area contributed by atoms with Gasteiger partial charge in [-0.05, 0) is 37.9 Å². The van der Waals surface area contributed by atoms with Crippen molar-refractivity contribution in [3.63, 3.8) is 0 Å². The first-order valence-corrected chi connectivity index (χ1v) is 10.2. The van der Waals surface area contributed by atoms with E-state index in [0.29, 0.717) is 18.4 Å². The zero-order valence-electron chi connectivity index (χ0n) is 16.6. The van der Waals surface area contributed by atoms with Gasteiger partial charge in [0.1, 0.15) is 18.5 Å². The molecule has 2 fully saturated rings. The molecular weight excluding hydrogens is 368 g/mol. The van der Waals surface area contributed by atoms with Crippen LogP contribution in [0.4, 0.5) is 0 Å². The van der Waals surface area contributed by atoms with Crippen LogP contribution in [0.5, 0.6) is 0 Å². The highest BCUT2D eigenvalue weighted by atomic mass is 32.1. The largest absolute Gasteiger partial charge is 0.461 e. The zero-order chi connectivity index (χ0) is 19.5. The summed E-state index contributed by atoms with van der Waals surface area (Å²) in [6, 6.07) is 0. The summed E-state index contributed by atoms with van der Waals surface area (Å²) in [6.45, 7) is 9.12. The Kier molecular flexibility index (Phi) is 6.53. The van der Waals surface area contributed by atoms with E-state index in [0.717, 1.165) is 25.7 Å². The lowest BCUT2D eigenvalue weighted by atomic mass is 10.1. The van der Waals surface area contributed by atoms with Gasteiger partial charge in [-0.1, -0.05) is 27.7 Å². The van der Waals surface area contributed by atoms with Crippen LogP contribution < -0.4 is 0 Å². The molecule has 0 amide bonds. The summed E-state index contributed by atoms with van der Waals surface area (Å²) in [5, 5.41) is 0.306. The summed E-state index contributed by atoms with van der Waals surface area (Å²) in [5.41, 5.74) is 0. The third-order valence-corrected chi connectivity index (χ3v) is 5.90. The van der Waals surface area contributed by atoms with Crippen LogP contribution in [0.15, 0.2) is 18.7 Å². The number of aromatic nitrogens is 2. The molecule has 0 radical (unpaired) electrons. The molecule has 7 nitrogen and oxygen atoms in total. The maximum Gasteiger partial charge on any atom is 0.269 e. The molecule has 0 aliphatic carbocycles. The Hall–Kier alpha value is -1.06. The highest BCUT2D eigenvalue weighted by Gasteiger charge is 2.50. The number of nitrogens with zero attached hydrogens (tertiary/aromatic N) is 2. The van der Waals surface area contributed by atoms with E-state index in [9.17, 15) is 0 Å². The van der Waals surface area contributed by atoms with Crippen LogP contribution in [-0.4, -0.2) is 57.8 Å². The summed E-state index contributed by atoms with van der Waals surface area (Å²) in [7, 11) is 0. The standard InChI is InChI=1S/C19H30N2O5S/c1-5-18(6-2)22-11-14(25-18)16(24-17(27)21-10-9-20-13-21)15-12-23-19(7-3,8-4)26-15/h9-10,13-16H,5-8,11-12H2,1-4H3/t14-,15-/m1/s1. The second-order valence-corrected chi connectivity index (χ2v) is 7.34. The van der Waals surface area contributed by atoms with Crippen LogP contribution in [0.1, 0.15) is 53.4 Å². The molecule has 27 heavy (non-hydrogen) atoms. The number of rotatable bonds is 7. The van der Waals surface area contributed by atoms with E-state index >= 15 is 0 Å². The predicted molar refractivity (Wildman–Crippen MR) is 103 cm³/mol. The molecule has 1 aromatic heterocycles. The summed E-state index contributed by atoms with van der Waals surface area (Å²) in [4.78, 5) is 4.03. The van der Waals surface area contributed by atoms with E-state index in [4.69, 9.17) is 35.9 Å². The Morgan fingerprint density at radius 3 is 1.96 bits per heavy atom. The number of thiocarbonyl (C=S) groups is 1. The van der Waals surface area contributed by atoms with Crippen molar-refractivity contribution in [3.8, 4) is 0 Å². The van der Waals surface area contributed by atoms with E-state index in [-0.39, 0.29) is 12.2 Å². The monoisotopic (exact) mass is 398 g/mol. The lowest BCUT2D eigenvalue weighted by molar-refractivity contribution is -0.202. The van der Waals surface area contributed by atoms with Gasteiger partial charge in [-0.15, -0.1) is 0 Å². The van der Waals surface area contributed by atoms with Gasteiger partial charge in [-0.25, -0.2) is 4.98 Å². The van der Waals surface area contributed by atoms with Gasteiger partial charge in [-0.2, -0.15) is 0 Å². The summed E-state index contributed by atoms with van der Waals surface area (Å²) < 4.78 is 32.5. The first-order chi connectivity index (χ1) is 13.0. The average Bonchev–Trinajstić information content (AvgIpc) is 3.46. The van der Waals surface area contributed by atoms with Crippen LogP contribution in [0.2, 0.25) is 0 Å². The minimum Gasteiger partial charge on any atom is -0.461 e. The highest BCUT2D eigenvalue weighted by molar-refractivity contribution is 7.80. The van der Waals surface area contributed by atoms with Crippen molar-refractivity contribution in [2.45, 2.75) is 83.3 Å². The van der Waals surface area contributed by atoms with Crippen molar-refractivity contribution < 1.29 is 23.7 Å². The number of hydrogen-bond donors (Lipinski definition) is 0. The molecule has 0 spiro atoms. The Balaban J connectivity index is 1.78. The van der Waals surface area contributed by atoms with E-state index in [1.54, 1.807) is 23.3 Å². The van der Waals surface area contributed by atoms with Crippen molar-refractivity contribution in [1.82, 2.24) is 9.55 Å². The fourth-order valence-corrected chi connectivity index (χ4v) is 3.88. The second-order valence-electron chi connectivity index (χ2n) is 6.99. The van der Waals surface area contributed by atoms with E-state index in [2.05, 4.69) is 32.7 Å². The topological polar surface area (TPSA) is 64.0 Å². The minimum atomic E-state index is -0.574. The van der Waals surface area contributed by atoms with Crippen molar-refractivity contribution in [2.24, 2.45) is 0 Å². The van der Waals surface area contributed by atoms with Gasteiger partial charge < -0.3 is 23.7 Å². The first-order valence-electron chi connectivity index (χ1n) is 9.82. The zero-order valence-corrected chi connectivity index (χ0v) is 17.4. The number of ether oxygens (including phenoxy) is 5. The summed E-state index contributed by atoms with van der Waals surface area (Å²) in [6.07, 6.45) is 7.11. The van der Waals surface area contributed by atoms with Crippen molar-refractivity contribution >= 4 is 17.4 Å². The van der Waals surface area contributed by atoms with Crippen molar-refractivity contribution in [1.29, 1.82) is 0 Å². The van der Waals surface area contributed by atoms with Gasteiger partial charge in [0.25, 0.3) is 5.17 Å². The molecule has 2 saturated heterocycles. The van der Waals surface area contributed by atoms with Gasteiger partial charge in [0.15, 0.2) is 17.7 Å². The summed E-state index contributed by atoms with van der Waals surface area (Å²) >= 11 is 5.46. The van der Waals surface area contributed by atoms with Gasteiger partial charge in [0.2, 0.25) is 0 Å². The van der Waals surface area contributed by atoms with E-state index < -0.39 is 17.7 Å². The lowest BCUT2D eigenvalue weighted by Crippen LogP contribution is -2.46. The van der Waals surface area contributed by atoms with Gasteiger partial charge in [-0.3, -0.25) is 4.57 Å². The SMILES string of the molecule is CCC1(CC)OC[C@H](C(OC(=S)n2ccnc2)[C@H]2COC(CC)(CC)O2)O1. The fraction of sp³-hybridized carbons (Fsp3) is 0.789. The number of hydrogen-bond acceptors (Lipinski definition) is 7. The van der Waals surface area contributed by atoms with Crippen LogP contribution in [0, 0.1) is 0 Å². The fourth-order valence-electron chi connectivity index (χ4n) is 3.66. The van der Waals surface area contributed by atoms with Crippen LogP contribution >= 0.6 is 12.2 Å². The maximum atomic E-state index is 6.31. The van der Waals surface area contributed by atoms with E-state index in [1.165, 1.54) is 0 Å². The molecule has 0 aromatic carbocycles. The van der Waals surface area contributed by atoms with Crippen molar-refractivity contribution in [3.05, 3.63) is 18.7 Å². The molecule has 2 aliphatic rings. The average molecular weight is 399 g/mol. The molecular formula is C19H30N2O5S. The normalized spacial score (nSPS) is 26.6. The molecule has 8 heteroatoms. The van der Waals surface area contributed by atoms with Gasteiger partial charge in [0.05, 0.1) is 13.2 Å². The Morgan fingerprint density at radius 1 is 1.07 bits per heavy atom. The molecule has 2 aliphatic heterocycles. The molecule has 0 saturated carbocycles. The lowest BCUT2D eigenvalue weighted by Gasteiger charge is -2.31. The molecule has 0 unspecified atom stereocenters. The molecule has 1 aromatic rings. The third-order valence-electron chi connectivity index (χ3n) is 5.59. The van der Waals surface area contributed by atoms with Crippen LogP contribution in [-0.2, 0) is 23.7 Å². The van der Waals surface area contributed by atoms with Crippen LogP contribution in [0.3, 0.4) is 0 Å². The Bertz CT molecular complexity index is 586. The summed E-state index contributed by atoms with van der Waals surface area (Å²) in [5.74, 6) is -1.15. The first kappa shape index (κ1) is 20.7. The molecule has 0 N–H and O–H groups in total. The predicted octanol–water partition coefficient (Wildman–Crippen LogP) is 3.26. The smallest absolute Gasteiger partial charge is 0.269 e. The van der Waals surface area contributed by atoms with Gasteiger partial charge in [0, 0.05) is 12.4 Å². The number of imidazole rings is 1.